The number of halogens is 1. The Hall–Kier alpha value is -0.280. The van der Waals surface area contributed by atoms with E-state index in [1.165, 1.54) is 0 Å². The molecule has 1 unspecified atom stereocenters. The molecule has 0 saturated carbocycles. The number of carbonyl (C=O) groups excluding carboxylic acids is 1. The van der Waals surface area contributed by atoms with Crippen molar-refractivity contribution in [3.05, 3.63) is 0 Å². The molecule has 0 N–H and O–H groups in total. The van der Waals surface area contributed by atoms with Gasteiger partial charge in [0.2, 0.25) is 0 Å². The molecule has 0 aliphatic rings. The van der Waals surface area contributed by atoms with Crippen LogP contribution in [0.3, 0.4) is 0 Å². The Balaban J connectivity index is 0. The third kappa shape index (κ3) is 6.13. The molecule has 0 radical (unpaired) electrons. The Morgan fingerprint density at radius 3 is 2.27 bits per heavy atom. The van der Waals surface area contributed by atoms with Crippen LogP contribution in [0.2, 0.25) is 0 Å². The van der Waals surface area contributed by atoms with Crippen molar-refractivity contribution < 1.29 is 14.3 Å². The fourth-order valence-electron chi connectivity index (χ4n) is 0.578. The monoisotopic (exact) mass is 182 g/mol. The molecule has 4 heteroatoms. The first-order valence-electron chi connectivity index (χ1n) is 3.50. The molecule has 68 valence electrons. The molecule has 0 saturated heterocycles. The Kier molecular flexibility index (Phi) is 9.47. The molecule has 0 aliphatic carbocycles. The maximum atomic E-state index is 10.8. The van der Waals surface area contributed by atoms with E-state index in [2.05, 4.69) is 0 Å². The SMILES string of the molecule is CCOC(=O)C(C)OCC.Cl. The highest BCUT2D eigenvalue weighted by Crippen LogP contribution is 1.93. The van der Waals surface area contributed by atoms with E-state index in [1.807, 2.05) is 6.92 Å². The normalized spacial score (nSPS) is 11.5. The minimum atomic E-state index is -0.426. The van der Waals surface area contributed by atoms with Gasteiger partial charge < -0.3 is 9.47 Å². The van der Waals surface area contributed by atoms with Crippen LogP contribution in [0, 0.1) is 0 Å². The second-order valence-electron chi connectivity index (χ2n) is 1.85. The van der Waals surface area contributed by atoms with Crippen LogP contribution in [-0.4, -0.2) is 25.3 Å². The zero-order chi connectivity index (χ0) is 7.98. The summed E-state index contributed by atoms with van der Waals surface area (Å²) in [7, 11) is 0. The zero-order valence-corrected chi connectivity index (χ0v) is 7.94. The van der Waals surface area contributed by atoms with Gasteiger partial charge in [0.1, 0.15) is 0 Å². The highest BCUT2D eigenvalue weighted by molar-refractivity contribution is 5.85. The second kappa shape index (κ2) is 7.82. The summed E-state index contributed by atoms with van der Waals surface area (Å²) in [5, 5.41) is 0. The minimum absolute atomic E-state index is 0. The highest BCUT2D eigenvalue weighted by atomic mass is 35.5. The van der Waals surface area contributed by atoms with Crippen LogP contribution in [0.15, 0.2) is 0 Å². The van der Waals surface area contributed by atoms with Crippen molar-refractivity contribution in [1.82, 2.24) is 0 Å². The Morgan fingerprint density at radius 2 is 1.91 bits per heavy atom. The summed E-state index contributed by atoms with van der Waals surface area (Å²) in [4.78, 5) is 10.8. The molecule has 0 aliphatic heterocycles. The fraction of sp³-hybridized carbons (Fsp3) is 0.857. The first kappa shape index (κ1) is 13.3. The lowest BCUT2D eigenvalue weighted by Crippen LogP contribution is -2.23. The zero-order valence-electron chi connectivity index (χ0n) is 7.12. The van der Waals surface area contributed by atoms with Crippen LogP contribution in [0.25, 0.3) is 0 Å². The van der Waals surface area contributed by atoms with Crippen LogP contribution in [0.4, 0.5) is 0 Å². The summed E-state index contributed by atoms with van der Waals surface area (Å²) in [6.45, 7) is 6.25. The van der Waals surface area contributed by atoms with Crippen LogP contribution < -0.4 is 0 Å². The van der Waals surface area contributed by atoms with Gasteiger partial charge in [-0.15, -0.1) is 12.4 Å². The lowest BCUT2D eigenvalue weighted by Gasteiger charge is -2.08. The molecule has 0 aromatic heterocycles. The van der Waals surface area contributed by atoms with Crippen molar-refractivity contribution in [2.45, 2.75) is 26.9 Å². The molecular weight excluding hydrogens is 168 g/mol. The van der Waals surface area contributed by atoms with Crippen LogP contribution in [0.5, 0.6) is 0 Å². The molecule has 0 aromatic carbocycles. The Labute approximate surface area is 73.5 Å². The summed E-state index contributed by atoms with van der Waals surface area (Å²) in [5.74, 6) is -0.288. The predicted octanol–water partition coefficient (Wildman–Crippen LogP) is 1.40. The quantitative estimate of drug-likeness (QED) is 0.617. The topological polar surface area (TPSA) is 35.5 Å². The van der Waals surface area contributed by atoms with E-state index in [0.717, 1.165) is 0 Å². The highest BCUT2D eigenvalue weighted by Gasteiger charge is 2.12. The van der Waals surface area contributed by atoms with Crippen molar-refractivity contribution in [2.24, 2.45) is 0 Å². The lowest BCUT2D eigenvalue weighted by atomic mass is 10.4. The van der Waals surface area contributed by atoms with Gasteiger partial charge in [-0.05, 0) is 20.8 Å². The molecule has 0 bridgehead atoms. The average Bonchev–Trinajstić information content (AvgIpc) is 1.89. The molecule has 0 aromatic rings. The first-order valence-corrected chi connectivity index (χ1v) is 3.50. The van der Waals surface area contributed by atoms with Crippen molar-refractivity contribution in [3.63, 3.8) is 0 Å². The molecule has 11 heavy (non-hydrogen) atoms. The van der Waals surface area contributed by atoms with Gasteiger partial charge >= 0.3 is 5.97 Å². The number of ether oxygens (including phenoxy) is 2. The number of rotatable bonds is 4. The van der Waals surface area contributed by atoms with E-state index < -0.39 is 6.10 Å². The van der Waals surface area contributed by atoms with Crippen LogP contribution in [0.1, 0.15) is 20.8 Å². The predicted molar refractivity (Wildman–Crippen MR) is 45.0 cm³/mol. The fourth-order valence-corrected chi connectivity index (χ4v) is 0.578. The second-order valence-corrected chi connectivity index (χ2v) is 1.85. The molecule has 0 spiro atoms. The smallest absolute Gasteiger partial charge is 0.334 e. The lowest BCUT2D eigenvalue weighted by molar-refractivity contribution is -0.155. The van der Waals surface area contributed by atoms with Gasteiger partial charge in [0.15, 0.2) is 6.10 Å². The van der Waals surface area contributed by atoms with Gasteiger partial charge in [-0.2, -0.15) is 0 Å². The van der Waals surface area contributed by atoms with E-state index in [1.54, 1.807) is 13.8 Å². The van der Waals surface area contributed by atoms with Crippen molar-refractivity contribution in [2.75, 3.05) is 13.2 Å². The van der Waals surface area contributed by atoms with E-state index in [0.29, 0.717) is 13.2 Å². The standard InChI is InChI=1S/C7H14O3.ClH/c1-4-9-6(3)7(8)10-5-2;/h6H,4-5H2,1-3H3;1H. The van der Waals surface area contributed by atoms with E-state index in [9.17, 15) is 4.79 Å². The maximum absolute atomic E-state index is 10.8. The van der Waals surface area contributed by atoms with Crippen molar-refractivity contribution in [1.29, 1.82) is 0 Å². The average molecular weight is 183 g/mol. The molecule has 0 amide bonds. The number of hydrogen-bond acceptors (Lipinski definition) is 3. The molecular formula is C7H15ClO3. The number of esters is 1. The maximum Gasteiger partial charge on any atom is 0.334 e. The summed E-state index contributed by atoms with van der Waals surface area (Å²) in [6, 6.07) is 0. The third-order valence-corrected chi connectivity index (χ3v) is 1.04. The summed E-state index contributed by atoms with van der Waals surface area (Å²) >= 11 is 0. The number of carbonyl (C=O) groups is 1. The molecule has 0 fully saturated rings. The molecule has 1 atom stereocenters. The van der Waals surface area contributed by atoms with Gasteiger partial charge in [-0.3, -0.25) is 0 Å². The van der Waals surface area contributed by atoms with Gasteiger partial charge in [0.25, 0.3) is 0 Å². The Morgan fingerprint density at radius 1 is 1.36 bits per heavy atom. The van der Waals surface area contributed by atoms with Gasteiger partial charge in [0, 0.05) is 6.61 Å². The van der Waals surface area contributed by atoms with Gasteiger partial charge in [-0.25, -0.2) is 4.79 Å². The first-order chi connectivity index (χ1) is 4.72. The summed E-state index contributed by atoms with van der Waals surface area (Å²) in [6.07, 6.45) is -0.426. The van der Waals surface area contributed by atoms with E-state index >= 15 is 0 Å². The third-order valence-electron chi connectivity index (χ3n) is 1.04. The summed E-state index contributed by atoms with van der Waals surface area (Å²) in [5.41, 5.74) is 0. The van der Waals surface area contributed by atoms with E-state index in [4.69, 9.17) is 9.47 Å². The molecule has 0 heterocycles. The largest absolute Gasteiger partial charge is 0.464 e. The minimum Gasteiger partial charge on any atom is -0.464 e. The van der Waals surface area contributed by atoms with Crippen LogP contribution >= 0.6 is 12.4 Å². The van der Waals surface area contributed by atoms with Crippen molar-refractivity contribution in [3.8, 4) is 0 Å². The van der Waals surface area contributed by atoms with Crippen molar-refractivity contribution >= 4 is 18.4 Å². The van der Waals surface area contributed by atoms with E-state index in [-0.39, 0.29) is 18.4 Å². The Bertz CT molecular complexity index is 106. The van der Waals surface area contributed by atoms with Gasteiger partial charge in [0.05, 0.1) is 6.61 Å². The van der Waals surface area contributed by atoms with Gasteiger partial charge in [-0.1, -0.05) is 0 Å². The molecule has 3 nitrogen and oxygen atoms in total. The number of hydrogen-bond donors (Lipinski definition) is 0. The summed E-state index contributed by atoms with van der Waals surface area (Å²) < 4.78 is 9.67. The van der Waals surface area contributed by atoms with Crippen LogP contribution in [-0.2, 0) is 14.3 Å². The molecule has 0 rings (SSSR count).